The van der Waals surface area contributed by atoms with Gasteiger partial charge >= 0.3 is 0 Å². The number of pyridine rings is 4. The predicted molar refractivity (Wildman–Crippen MR) is 429 cm³/mol. The smallest absolute Gasteiger partial charge is 0.213 e. The van der Waals surface area contributed by atoms with E-state index in [4.69, 9.17) is 25.9 Å². The van der Waals surface area contributed by atoms with Crippen molar-refractivity contribution in [1.29, 1.82) is 0 Å². The van der Waals surface area contributed by atoms with Crippen molar-refractivity contribution in [2.45, 2.75) is 55.2 Å². The van der Waals surface area contributed by atoms with Crippen LogP contribution in [0.3, 0.4) is 0 Å². The summed E-state index contributed by atoms with van der Waals surface area (Å²) in [4.78, 5) is 0. The summed E-state index contributed by atoms with van der Waals surface area (Å²) in [5.41, 5.74) is 23.8. The number of nitrogens with zero attached hydrogens (tertiary/aromatic N) is 4. The van der Waals surface area contributed by atoms with Crippen molar-refractivity contribution >= 4 is 131 Å². The van der Waals surface area contributed by atoms with Crippen molar-refractivity contribution in [3.05, 3.63) is 312 Å². The maximum absolute atomic E-state index is 7.66. The van der Waals surface area contributed by atoms with E-state index in [1.54, 1.807) is 24.3 Å². The quantitative estimate of drug-likeness (QED) is 0.165. The molecule has 0 aliphatic heterocycles. The van der Waals surface area contributed by atoms with Crippen LogP contribution in [0.25, 0.3) is 176 Å². The van der Waals surface area contributed by atoms with E-state index in [0.717, 1.165) is 111 Å². The minimum atomic E-state index is -2.10. The van der Waals surface area contributed by atoms with Gasteiger partial charge in [0.1, 0.15) is 50.5 Å². The lowest BCUT2D eigenvalue weighted by Crippen LogP contribution is -2.30. The summed E-state index contributed by atoms with van der Waals surface area (Å²) < 4.78 is 78.9. The molecular formula is C96H80N4O4+4. The van der Waals surface area contributed by atoms with E-state index in [0.29, 0.717) is 11.1 Å². The Morgan fingerprint density at radius 2 is 0.558 bits per heavy atom. The largest absolute Gasteiger partial charge is 0.450 e. The average molecular weight is 1360 g/mol. The molecule has 0 aliphatic rings. The minimum absolute atomic E-state index is 0.363. The van der Waals surface area contributed by atoms with Crippen LogP contribution in [0.15, 0.2) is 285 Å². The molecule has 8 nitrogen and oxygen atoms in total. The zero-order chi connectivity index (χ0) is 76.3. The molecule has 8 heterocycles. The molecule has 0 aliphatic carbocycles. The van der Waals surface area contributed by atoms with Crippen LogP contribution in [0.5, 0.6) is 0 Å². The topological polar surface area (TPSA) is 68.1 Å². The van der Waals surface area contributed by atoms with Crippen molar-refractivity contribution in [2.24, 2.45) is 28.2 Å². The lowest BCUT2D eigenvalue weighted by atomic mass is 10.00. The molecule has 0 N–H and O–H groups in total. The Kier molecular flexibility index (Phi) is 14.4. The molecule has 0 unspecified atom stereocenters. The number of rotatable bonds is 4. The molecule has 0 saturated heterocycles. The summed E-state index contributed by atoms with van der Waals surface area (Å²) >= 11 is 0. The third-order valence-corrected chi connectivity index (χ3v) is 20.7. The molecule has 104 heavy (non-hydrogen) atoms. The van der Waals surface area contributed by atoms with E-state index in [9.17, 15) is 0 Å². The van der Waals surface area contributed by atoms with Gasteiger partial charge in [0.05, 0.1) is 0 Å². The number of hydrogen-bond donors (Lipinski definition) is 0. The SMILES string of the molecule is Cc1ccc(-c2cc3c(c[n+]2C)oc2cc4ccccc4cc23)c(C)c1.Cc1ccccc1-c1cc2c(c[n+]1C)oc1cc3ccccc3cc12.[2H]C([2H])([2H])c1ccc(-c2cc3c(c[n+]2C)oc2cc4cc(C)ccc4cc23)c(C)c1.[2H]C([2H])([2H])c1ccc(-c2cc3c(c[n+]2C)oc2ccc4ccccc4c23)c(C)c1. The Bertz CT molecular complexity index is 7160. The first-order valence-corrected chi connectivity index (χ1v) is 35.2. The van der Waals surface area contributed by atoms with Crippen molar-refractivity contribution in [3.8, 4) is 45.0 Å². The van der Waals surface area contributed by atoms with Crippen LogP contribution in [0.2, 0.25) is 0 Å². The van der Waals surface area contributed by atoms with E-state index >= 15 is 0 Å². The monoisotopic (exact) mass is 1360 g/mol. The van der Waals surface area contributed by atoms with Gasteiger partial charge in [-0.3, -0.25) is 0 Å². The van der Waals surface area contributed by atoms with Crippen LogP contribution in [-0.2, 0) is 28.2 Å². The standard InChI is InChI=1S/C25H22NO.2C24H20NO.C23H18NO/c1-15-6-8-20(17(3)9-15)23-13-22-21-11-18-7-5-16(2)10-19(18)12-24(21)27-25(22)14-26(23)4;1-15-8-10-18(16(2)12-15)21-13-20-23(14-25(21)3)26-22-11-9-17-6-4-5-7-19(17)24(20)22;1-15-8-9-19(16(2)10-15)22-13-21-20-11-17-6-4-5-7-18(17)12-23(20)26-24(21)14-25(22)3;1-15-7-3-6-10-18(15)21-13-20-19-11-16-8-4-5-9-17(16)12-22(19)25-23(20)14-24(21)2/h5-14H,1-4H3;2*4-14H,1-3H3;3-14H,1-2H3/q4*+1/i2*1D3;;. The molecule has 0 atom stereocenters. The summed E-state index contributed by atoms with van der Waals surface area (Å²) in [5, 5.41) is 18.6. The molecule has 20 rings (SSSR count). The summed E-state index contributed by atoms with van der Waals surface area (Å²) in [6.07, 6.45) is 8.17. The average Bonchev–Trinajstić information content (AvgIpc) is 1.59. The van der Waals surface area contributed by atoms with Gasteiger partial charge in [-0.05, 0) is 187 Å². The number of hydrogen-bond acceptors (Lipinski definition) is 4. The molecule has 8 aromatic heterocycles. The van der Waals surface area contributed by atoms with Gasteiger partial charge < -0.3 is 17.7 Å². The van der Waals surface area contributed by atoms with E-state index in [-0.39, 0.29) is 0 Å². The lowest BCUT2D eigenvalue weighted by Gasteiger charge is -2.06. The van der Waals surface area contributed by atoms with Crippen molar-refractivity contribution < 1.29 is 44.2 Å². The Balaban J connectivity index is 0.000000107. The number of furan rings is 4. The third-order valence-electron chi connectivity index (χ3n) is 20.7. The van der Waals surface area contributed by atoms with Gasteiger partial charge in [0.25, 0.3) is 0 Å². The first-order valence-electron chi connectivity index (χ1n) is 38.2. The van der Waals surface area contributed by atoms with Crippen LogP contribution < -0.4 is 18.3 Å². The maximum atomic E-state index is 7.66. The highest BCUT2D eigenvalue weighted by Crippen LogP contribution is 2.40. The Hall–Kier alpha value is -12.5. The summed E-state index contributed by atoms with van der Waals surface area (Å²) in [6.45, 7) is 8.26. The van der Waals surface area contributed by atoms with E-state index in [2.05, 4.69) is 251 Å². The van der Waals surface area contributed by atoms with Gasteiger partial charge in [0.2, 0.25) is 47.6 Å². The normalized spacial score (nSPS) is 12.8. The van der Waals surface area contributed by atoms with Gasteiger partial charge in [-0.2, -0.15) is 18.3 Å². The minimum Gasteiger partial charge on any atom is -0.450 e. The number of fused-ring (bicyclic) bond motifs is 17. The van der Waals surface area contributed by atoms with Crippen LogP contribution in [0.4, 0.5) is 0 Å². The summed E-state index contributed by atoms with van der Waals surface area (Å²) in [7, 11) is 8.12. The van der Waals surface area contributed by atoms with Crippen LogP contribution >= 0.6 is 0 Å². The first kappa shape index (κ1) is 58.2. The van der Waals surface area contributed by atoms with Gasteiger partial charge in [0.15, 0.2) is 22.3 Å². The van der Waals surface area contributed by atoms with Crippen molar-refractivity contribution in [3.63, 3.8) is 0 Å². The predicted octanol–water partition coefficient (Wildman–Crippen LogP) is 23.4. The first-order chi connectivity index (χ1) is 52.8. The molecule has 8 heteroatoms. The Morgan fingerprint density at radius 3 is 1.02 bits per heavy atom. The zero-order valence-electron chi connectivity index (χ0n) is 65.8. The summed E-state index contributed by atoms with van der Waals surface area (Å²) in [6, 6.07) is 83.4. The highest BCUT2D eigenvalue weighted by atomic mass is 16.3. The molecule has 0 spiro atoms. The van der Waals surface area contributed by atoms with Crippen LogP contribution in [0, 0.1) is 55.2 Å². The van der Waals surface area contributed by atoms with Gasteiger partial charge in [-0.15, -0.1) is 0 Å². The van der Waals surface area contributed by atoms with E-state index < -0.39 is 13.7 Å². The molecule has 0 radical (unpaired) electrons. The molecule has 0 fully saturated rings. The zero-order valence-corrected chi connectivity index (χ0v) is 59.8. The number of aromatic nitrogens is 4. The third kappa shape index (κ3) is 11.7. The molecule has 0 saturated carbocycles. The van der Waals surface area contributed by atoms with Crippen LogP contribution in [0.1, 0.15) is 52.7 Å². The fourth-order valence-electron chi connectivity index (χ4n) is 15.4. The molecular weight excluding hydrogens is 1270 g/mol. The van der Waals surface area contributed by atoms with E-state index in [1.165, 1.54) is 98.6 Å². The van der Waals surface area contributed by atoms with Crippen molar-refractivity contribution in [2.75, 3.05) is 0 Å². The summed E-state index contributed by atoms with van der Waals surface area (Å²) in [5.74, 6) is 0. The highest BCUT2D eigenvalue weighted by molar-refractivity contribution is 6.19. The van der Waals surface area contributed by atoms with E-state index in [1.807, 2.05) is 79.8 Å². The fraction of sp³-hybridized carbons (Fsp3) is 0.125. The number of aryl methyl sites for hydroxylation is 12. The lowest BCUT2D eigenvalue weighted by molar-refractivity contribution is -0.659. The highest BCUT2D eigenvalue weighted by Gasteiger charge is 2.24. The molecule has 12 aromatic carbocycles. The number of benzene rings is 12. The van der Waals surface area contributed by atoms with Crippen molar-refractivity contribution in [1.82, 2.24) is 0 Å². The second kappa shape index (κ2) is 25.8. The van der Waals surface area contributed by atoms with Gasteiger partial charge in [-0.1, -0.05) is 174 Å². The Morgan fingerprint density at radius 1 is 0.231 bits per heavy atom. The maximum Gasteiger partial charge on any atom is 0.213 e. The molecule has 0 amide bonds. The Labute approximate surface area is 612 Å². The van der Waals surface area contributed by atoms with Gasteiger partial charge in [-0.25, -0.2) is 0 Å². The fourth-order valence-corrected chi connectivity index (χ4v) is 15.4. The van der Waals surface area contributed by atoms with Gasteiger partial charge in [0, 0.05) is 97.8 Å². The molecule has 504 valence electrons. The molecule has 20 aromatic rings. The second-order valence-corrected chi connectivity index (χ2v) is 28.0. The second-order valence-electron chi connectivity index (χ2n) is 28.0. The molecule has 0 bridgehead atoms. The van der Waals surface area contributed by atoms with Crippen LogP contribution in [-0.4, -0.2) is 0 Å².